The van der Waals surface area contributed by atoms with Crippen molar-refractivity contribution in [1.82, 2.24) is 15.6 Å². The van der Waals surface area contributed by atoms with Crippen molar-refractivity contribution in [2.75, 3.05) is 20.7 Å². The second-order valence-electron chi connectivity index (χ2n) is 7.26. The lowest BCUT2D eigenvalue weighted by molar-refractivity contribution is 0.213. The van der Waals surface area contributed by atoms with Crippen LogP contribution < -0.4 is 20.1 Å². The quantitative estimate of drug-likeness (QED) is 0.559. The molecule has 0 fully saturated rings. The first-order valence-corrected chi connectivity index (χ1v) is 9.90. The summed E-state index contributed by atoms with van der Waals surface area (Å²) in [6, 6.07) is 7.63. The topological polar surface area (TPSA) is 67.8 Å². The second kappa shape index (κ2) is 9.60. The number of benzene rings is 1. The van der Waals surface area contributed by atoms with E-state index in [-0.39, 0.29) is 11.5 Å². The predicted molar refractivity (Wildman–Crippen MR) is 112 cm³/mol. The molecule has 1 unspecified atom stereocenters. The number of aromatic nitrogens is 1. The van der Waals surface area contributed by atoms with Gasteiger partial charge >= 0.3 is 0 Å². The van der Waals surface area contributed by atoms with Crippen molar-refractivity contribution >= 4 is 17.3 Å². The summed E-state index contributed by atoms with van der Waals surface area (Å²) in [7, 11) is 3.39. The lowest BCUT2D eigenvalue weighted by atomic mass is 9.93. The number of guanidine groups is 1. The van der Waals surface area contributed by atoms with Crippen LogP contribution in [0.1, 0.15) is 38.4 Å². The fourth-order valence-corrected chi connectivity index (χ4v) is 3.29. The first-order chi connectivity index (χ1) is 12.8. The molecule has 7 heteroatoms. The molecule has 2 rings (SSSR count). The molecular formula is C20H30N4O2S. The van der Waals surface area contributed by atoms with Crippen molar-refractivity contribution in [3.05, 3.63) is 40.3 Å². The van der Waals surface area contributed by atoms with E-state index in [1.54, 1.807) is 25.5 Å². The Bertz CT molecular complexity index is 752. The Morgan fingerprint density at radius 2 is 1.93 bits per heavy atom. The fourth-order valence-electron chi connectivity index (χ4n) is 2.33. The average molecular weight is 391 g/mol. The van der Waals surface area contributed by atoms with Gasteiger partial charge in [-0.1, -0.05) is 32.9 Å². The number of hydrogen-bond acceptors (Lipinski definition) is 5. The minimum Gasteiger partial charge on any atom is -0.493 e. The maximum absolute atomic E-state index is 5.95. The van der Waals surface area contributed by atoms with Gasteiger partial charge in [-0.2, -0.15) is 0 Å². The van der Waals surface area contributed by atoms with Crippen LogP contribution in [0.2, 0.25) is 0 Å². The van der Waals surface area contributed by atoms with E-state index >= 15 is 0 Å². The number of ether oxygens (including phenoxy) is 2. The third-order valence-electron chi connectivity index (χ3n) is 3.91. The number of aliphatic imine (C=N–C) groups is 1. The summed E-state index contributed by atoms with van der Waals surface area (Å²) in [5.74, 6) is 2.18. The number of rotatable bonds is 7. The number of para-hydroxylation sites is 2. The molecule has 0 bridgehead atoms. The van der Waals surface area contributed by atoms with Crippen LogP contribution in [0.25, 0.3) is 0 Å². The highest BCUT2D eigenvalue weighted by Crippen LogP contribution is 2.26. The molecule has 6 nitrogen and oxygen atoms in total. The molecule has 1 aromatic carbocycles. The van der Waals surface area contributed by atoms with Crippen LogP contribution in [0.4, 0.5) is 0 Å². The molecule has 0 saturated carbocycles. The molecule has 27 heavy (non-hydrogen) atoms. The molecular weight excluding hydrogens is 360 g/mol. The Morgan fingerprint density at radius 1 is 1.22 bits per heavy atom. The SMILES string of the molecule is CN=C(NCc1nc(C(C)(C)C)cs1)NCC(C)Oc1ccccc1OC. The van der Waals surface area contributed by atoms with Gasteiger partial charge in [0.05, 0.1) is 25.9 Å². The number of nitrogens with one attached hydrogen (secondary N) is 2. The standard InChI is InChI=1S/C20H30N4O2S/c1-14(26-16-10-8-7-9-15(16)25-6)11-22-19(21-5)23-12-18-24-17(13-27-18)20(2,3)4/h7-10,13-14H,11-12H2,1-6H3,(H2,21,22,23). The first kappa shape index (κ1) is 21.0. The fraction of sp³-hybridized carbons (Fsp3) is 0.500. The van der Waals surface area contributed by atoms with Gasteiger partial charge in [0.25, 0.3) is 0 Å². The van der Waals surface area contributed by atoms with Crippen molar-refractivity contribution < 1.29 is 9.47 Å². The van der Waals surface area contributed by atoms with E-state index < -0.39 is 0 Å². The normalized spacial score (nSPS) is 13.2. The molecule has 0 aliphatic carbocycles. The molecule has 0 saturated heterocycles. The third-order valence-corrected chi connectivity index (χ3v) is 4.75. The summed E-state index contributed by atoms with van der Waals surface area (Å²) >= 11 is 1.66. The zero-order chi connectivity index (χ0) is 19.9. The number of thiazole rings is 1. The monoisotopic (exact) mass is 390 g/mol. The first-order valence-electron chi connectivity index (χ1n) is 9.02. The second-order valence-corrected chi connectivity index (χ2v) is 8.21. The number of hydrogen-bond donors (Lipinski definition) is 2. The van der Waals surface area contributed by atoms with E-state index in [0.29, 0.717) is 13.1 Å². The van der Waals surface area contributed by atoms with Crippen molar-refractivity contribution in [3.63, 3.8) is 0 Å². The number of nitrogens with zero attached hydrogens (tertiary/aromatic N) is 2. The van der Waals surface area contributed by atoms with Crippen LogP contribution in [0.3, 0.4) is 0 Å². The van der Waals surface area contributed by atoms with E-state index in [1.165, 1.54) is 0 Å². The Morgan fingerprint density at radius 3 is 2.52 bits per heavy atom. The smallest absolute Gasteiger partial charge is 0.191 e. The van der Waals surface area contributed by atoms with Crippen LogP contribution in [0.5, 0.6) is 11.5 Å². The largest absolute Gasteiger partial charge is 0.493 e. The Balaban J connectivity index is 1.82. The van der Waals surface area contributed by atoms with Gasteiger partial charge in [-0.05, 0) is 19.1 Å². The predicted octanol–water partition coefficient (Wildman–Crippen LogP) is 3.58. The molecule has 0 aliphatic rings. The van der Waals surface area contributed by atoms with E-state index in [1.807, 2.05) is 31.2 Å². The van der Waals surface area contributed by atoms with E-state index in [9.17, 15) is 0 Å². The van der Waals surface area contributed by atoms with Crippen LogP contribution in [0.15, 0.2) is 34.6 Å². The van der Waals surface area contributed by atoms with Crippen molar-refractivity contribution in [1.29, 1.82) is 0 Å². The summed E-state index contributed by atoms with van der Waals surface area (Å²) in [6.45, 7) is 9.77. The van der Waals surface area contributed by atoms with Gasteiger partial charge in [0.2, 0.25) is 0 Å². The molecule has 1 heterocycles. The lowest BCUT2D eigenvalue weighted by Gasteiger charge is -2.19. The summed E-state index contributed by atoms with van der Waals surface area (Å²) in [6.07, 6.45) is -0.0489. The highest BCUT2D eigenvalue weighted by molar-refractivity contribution is 7.09. The zero-order valence-electron chi connectivity index (χ0n) is 17.0. The van der Waals surface area contributed by atoms with E-state index in [4.69, 9.17) is 14.5 Å². The molecule has 0 amide bonds. The molecule has 2 aromatic rings. The molecule has 1 aromatic heterocycles. The summed E-state index contributed by atoms with van der Waals surface area (Å²) in [5, 5.41) is 9.75. The van der Waals surface area contributed by atoms with Crippen LogP contribution in [-0.2, 0) is 12.0 Å². The van der Waals surface area contributed by atoms with Crippen LogP contribution in [0, 0.1) is 0 Å². The molecule has 1 atom stereocenters. The maximum Gasteiger partial charge on any atom is 0.191 e. The van der Waals surface area contributed by atoms with Gasteiger partial charge in [-0.15, -0.1) is 11.3 Å². The highest BCUT2D eigenvalue weighted by Gasteiger charge is 2.17. The molecule has 0 spiro atoms. The van der Waals surface area contributed by atoms with Gasteiger partial charge < -0.3 is 20.1 Å². The average Bonchev–Trinajstić information content (AvgIpc) is 3.12. The minimum absolute atomic E-state index is 0.0489. The summed E-state index contributed by atoms with van der Waals surface area (Å²) in [4.78, 5) is 8.96. The van der Waals surface area contributed by atoms with Gasteiger partial charge in [0.1, 0.15) is 11.1 Å². The molecule has 0 radical (unpaired) electrons. The Hall–Kier alpha value is -2.28. The third kappa shape index (κ3) is 6.43. The van der Waals surface area contributed by atoms with Crippen LogP contribution >= 0.6 is 11.3 Å². The number of methoxy groups -OCH3 is 1. The molecule has 0 aliphatic heterocycles. The van der Waals surface area contributed by atoms with Gasteiger partial charge in [-0.25, -0.2) is 4.98 Å². The van der Waals surface area contributed by atoms with E-state index in [0.717, 1.165) is 28.2 Å². The molecule has 2 N–H and O–H groups in total. The summed E-state index contributed by atoms with van der Waals surface area (Å²) in [5.41, 5.74) is 1.19. The van der Waals surface area contributed by atoms with Gasteiger partial charge in [-0.3, -0.25) is 4.99 Å². The van der Waals surface area contributed by atoms with Crippen molar-refractivity contribution in [3.8, 4) is 11.5 Å². The highest BCUT2D eigenvalue weighted by atomic mass is 32.1. The van der Waals surface area contributed by atoms with Crippen molar-refractivity contribution in [2.45, 2.75) is 45.8 Å². The zero-order valence-corrected chi connectivity index (χ0v) is 17.8. The van der Waals surface area contributed by atoms with Crippen molar-refractivity contribution in [2.24, 2.45) is 4.99 Å². The summed E-state index contributed by atoms with van der Waals surface area (Å²) < 4.78 is 11.3. The maximum atomic E-state index is 5.95. The Kier molecular flexibility index (Phi) is 7.47. The lowest BCUT2D eigenvalue weighted by Crippen LogP contribution is -2.41. The molecule has 148 valence electrons. The van der Waals surface area contributed by atoms with E-state index in [2.05, 4.69) is 41.8 Å². The van der Waals surface area contributed by atoms with Gasteiger partial charge in [0, 0.05) is 17.8 Å². The Labute approximate surface area is 166 Å². The van der Waals surface area contributed by atoms with Gasteiger partial charge in [0.15, 0.2) is 17.5 Å². The minimum atomic E-state index is -0.0489. The van der Waals surface area contributed by atoms with Crippen LogP contribution in [-0.4, -0.2) is 37.7 Å².